The molecular formula is C16H16O. The Bertz CT molecular complexity index is 689. The zero-order chi connectivity index (χ0) is 12.0. The number of para-hydroxylation sites is 1. The first-order chi connectivity index (χ1) is 8.16. The third kappa shape index (κ3) is 1.54. The van der Waals surface area contributed by atoms with E-state index < -0.39 is 0 Å². The molecule has 17 heavy (non-hydrogen) atoms. The van der Waals surface area contributed by atoms with E-state index >= 15 is 0 Å². The van der Waals surface area contributed by atoms with Crippen molar-refractivity contribution in [2.75, 3.05) is 0 Å². The summed E-state index contributed by atoms with van der Waals surface area (Å²) in [4.78, 5) is 0. The molecule has 0 saturated carbocycles. The monoisotopic (exact) mass is 224 g/mol. The van der Waals surface area contributed by atoms with Crippen molar-refractivity contribution in [3.63, 3.8) is 0 Å². The van der Waals surface area contributed by atoms with Crippen LogP contribution in [-0.4, -0.2) is 0 Å². The Hall–Kier alpha value is -1.76. The Labute approximate surface area is 101 Å². The van der Waals surface area contributed by atoms with Gasteiger partial charge >= 0.3 is 0 Å². The van der Waals surface area contributed by atoms with E-state index in [4.69, 9.17) is 4.42 Å². The fraction of sp³-hybridized carbons (Fsp3) is 0.250. The minimum atomic E-state index is 0.536. The molecule has 0 radical (unpaired) electrons. The van der Waals surface area contributed by atoms with Crippen LogP contribution in [-0.2, 0) is 0 Å². The van der Waals surface area contributed by atoms with E-state index in [-0.39, 0.29) is 0 Å². The number of rotatable bonds is 1. The molecule has 0 aliphatic rings. The molecule has 0 N–H and O–H groups in total. The molecule has 1 heterocycles. The minimum Gasteiger partial charge on any atom is -0.456 e. The maximum Gasteiger partial charge on any atom is 0.138 e. The average molecular weight is 224 g/mol. The van der Waals surface area contributed by atoms with Crippen molar-refractivity contribution >= 4 is 21.9 Å². The zero-order valence-corrected chi connectivity index (χ0v) is 10.4. The summed E-state index contributed by atoms with van der Waals surface area (Å²) in [5.41, 5.74) is 4.54. The summed E-state index contributed by atoms with van der Waals surface area (Å²) in [5, 5.41) is 2.43. The summed E-state index contributed by atoms with van der Waals surface area (Å²) >= 11 is 0. The van der Waals surface area contributed by atoms with Gasteiger partial charge in [0.25, 0.3) is 0 Å². The highest BCUT2D eigenvalue weighted by molar-refractivity contribution is 6.05. The van der Waals surface area contributed by atoms with Crippen molar-refractivity contribution in [2.24, 2.45) is 0 Å². The van der Waals surface area contributed by atoms with Crippen molar-refractivity contribution in [1.29, 1.82) is 0 Å². The summed E-state index contributed by atoms with van der Waals surface area (Å²) in [6.45, 7) is 6.50. The molecule has 0 aliphatic heterocycles. The van der Waals surface area contributed by atoms with Crippen LogP contribution in [0.25, 0.3) is 21.9 Å². The largest absolute Gasteiger partial charge is 0.456 e. The van der Waals surface area contributed by atoms with Crippen LogP contribution in [0.4, 0.5) is 0 Å². The summed E-state index contributed by atoms with van der Waals surface area (Å²) in [6.07, 6.45) is 0. The van der Waals surface area contributed by atoms with E-state index in [1.165, 1.54) is 21.9 Å². The van der Waals surface area contributed by atoms with E-state index in [0.717, 1.165) is 11.2 Å². The Morgan fingerprint density at radius 1 is 1.00 bits per heavy atom. The van der Waals surface area contributed by atoms with E-state index in [9.17, 15) is 0 Å². The van der Waals surface area contributed by atoms with Crippen LogP contribution < -0.4 is 0 Å². The number of hydrogen-bond acceptors (Lipinski definition) is 1. The van der Waals surface area contributed by atoms with Crippen LogP contribution in [0.1, 0.15) is 30.9 Å². The third-order valence-corrected chi connectivity index (χ3v) is 3.39. The lowest BCUT2D eigenvalue weighted by atomic mass is 10.0. The molecule has 86 valence electrons. The molecule has 0 saturated heterocycles. The normalized spacial score (nSPS) is 11.8. The van der Waals surface area contributed by atoms with Gasteiger partial charge in [-0.1, -0.05) is 44.2 Å². The third-order valence-electron chi connectivity index (χ3n) is 3.39. The number of furan rings is 1. The van der Waals surface area contributed by atoms with Gasteiger partial charge in [0.15, 0.2) is 0 Å². The minimum absolute atomic E-state index is 0.536. The zero-order valence-electron chi connectivity index (χ0n) is 10.4. The molecule has 3 aromatic rings. The number of fused-ring (bicyclic) bond motifs is 3. The first kappa shape index (κ1) is 10.4. The van der Waals surface area contributed by atoms with Gasteiger partial charge in [0.05, 0.1) is 0 Å². The fourth-order valence-corrected chi connectivity index (χ4v) is 2.31. The van der Waals surface area contributed by atoms with Gasteiger partial charge in [-0.15, -0.1) is 0 Å². The Kier molecular flexibility index (Phi) is 2.22. The molecule has 1 nitrogen and oxygen atoms in total. The first-order valence-electron chi connectivity index (χ1n) is 6.08. The topological polar surface area (TPSA) is 13.1 Å². The van der Waals surface area contributed by atoms with Gasteiger partial charge in [-0.3, -0.25) is 0 Å². The number of aryl methyl sites for hydroxylation is 1. The van der Waals surface area contributed by atoms with Crippen molar-refractivity contribution in [3.8, 4) is 0 Å². The smallest absolute Gasteiger partial charge is 0.138 e. The van der Waals surface area contributed by atoms with Crippen LogP contribution in [0.2, 0.25) is 0 Å². The summed E-state index contributed by atoms with van der Waals surface area (Å²) < 4.78 is 5.97. The van der Waals surface area contributed by atoms with Gasteiger partial charge in [-0.05, 0) is 30.0 Å². The lowest BCUT2D eigenvalue weighted by Crippen LogP contribution is -1.84. The lowest BCUT2D eigenvalue weighted by Gasteiger charge is -2.03. The molecule has 0 fully saturated rings. The van der Waals surface area contributed by atoms with E-state index in [1.807, 2.05) is 0 Å². The summed E-state index contributed by atoms with van der Waals surface area (Å²) in [6, 6.07) is 12.8. The van der Waals surface area contributed by atoms with Gasteiger partial charge < -0.3 is 4.42 Å². The van der Waals surface area contributed by atoms with Crippen LogP contribution >= 0.6 is 0 Å². The van der Waals surface area contributed by atoms with Crippen LogP contribution in [0.5, 0.6) is 0 Å². The summed E-state index contributed by atoms with van der Waals surface area (Å²) in [5.74, 6) is 0.536. The molecule has 0 unspecified atom stereocenters. The molecule has 1 aromatic heterocycles. The molecule has 0 bridgehead atoms. The second kappa shape index (κ2) is 3.63. The molecule has 0 amide bonds. The second-order valence-corrected chi connectivity index (χ2v) is 4.96. The average Bonchev–Trinajstić information content (AvgIpc) is 2.68. The van der Waals surface area contributed by atoms with Gasteiger partial charge in [-0.2, -0.15) is 0 Å². The predicted molar refractivity (Wildman–Crippen MR) is 72.5 cm³/mol. The molecule has 2 aromatic carbocycles. The van der Waals surface area contributed by atoms with Gasteiger partial charge in [0.1, 0.15) is 11.2 Å². The molecule has 0 atom stereocenters. The number of hydrogen-bond donors (Lipinski definition) is 0. The van der Waals surface area contributed by atoms with E-state index in [2.05, 4.69) is 57.2 Å². The van der Waals surface area contributed by atoms with E-state index in [0.29, 0.717) is 5.92 Å². The maximum absolute atomic E-state index is 5.97. The second-order valence-electron chi connectivity index (χ2n) is 4.96. The quantitative estimate of drug-likeness (QED) is 0.565. The summed E-state index contributed by atoms with van der Waals surface area (Å²) in [7, 11) is 0. The predicted octanol–water partition coefficient (Wildman–Crippen LogP) is 5.02. The van der Waals surface area contributed by atoms with E-state index in [1.54, 1.807) is 0 Å². The van der Waals surface area contributed by atoms with Gasteiger partial charge in [0, 0.05) is 10.8 Å². The van der Waals surface area contributed by atoms with Crippen molar-refractivity contribution in [2.45, 2.75) is 26.7 Å². The highest BCUT2D eigenvalue weighted by Gasteiger charge is 2.09. The first-order valence-corrected chi connectivity index (χ1v) is 6.08. The molecule has 0 spiro atoms. The lowest BCUT2D eigenvalue weighted by molar-refractivity contribution is 0.664. The highest BCUT2D eigenvalue weighted by Crippen LogP contribution is 2.32. The molecule has 1 heteroatoms. The van der Waals surface area contributed by atoms with Crippen molar-refractivity contribution in [1.82, 2.24) is 0 Å². The van der Waals surface area contributed by atoms with Crippen LogP contribution in [0.3, 0.4) is 0 Å². The van der Waals surface area contributed by atoms with Crippen molar-refractivity contribution in [3.05, 3.63) is 47.5 Å². The van der Waals surface area contributed by atoms with Gasteiger partial charge in [-0.25, -0.2) is 0 Å². The molecular weight excluding hydrogens is 208 g/mol. The fourth-order valence-electron chi connectivity index (χ4n) is 2.31. The molecule has 3 rings (SSSR count). The van der Waals surface area contributed by atoms with Crippen molar-refractivity contribution < 1.29 is 4.42 Å². The SMILES string of the molecule is Cc1cccc2c1oc1cc(C(C)C)ccc12. The standard InChI is InChI=1S/C16H16O/c1-10(2)12-7-8-13-14-6-4-5-11(3)16(14)17-15(13)9-12/h4-10H,1-3H3. The van der Waals surface area contributed by atoms with Crippen LogP contribution in [0, 0.1) is 6.92 Å². The highest BCUT2D eigenvalue weighted by atomic mass is 16.3. The number of benzene rings is 2. The Morgan fingerprint density at radius 3 is 2.59 bits per heavy atom. The van der Waals surface area contributed by atoms with Gasteiger partial charge in [0.2, 0.25) is 0 Å². The Balaban J connectivity index is 2.39. The Morgan fingerprint density at radius 2 is 1.82 bits per heavy atom. The maximum atomic E-state index is 5.97. The van der Waals surface area contributed by atoms with Crippen LogP contribution in [0.15, 0.2) is 40.8 Å². The molecule has 0 aliphatic carbocycles.